The topological polar surface area (TPSA) is 54.5 Å². The van der Waals surface area contributed by atoms with Crippen molar-refractivity contribution in [3.63, 3.8) is 0 Å². The van der Waals surface area contributed by atoms with E-state index in [1.54, 1.807) is 30.6 Å². The van der Waals surface area contributed by atoms with E-state index in [0.717, 1.165) is 31.5 Å². The number of amides is 1. The van der Waals surface area contributed by atoms with Crippen LogP contribution in [0.15, 0.2) is 79.1 Å². The van der Waals surface area contributed by atoms with Gasteiger partial charge < -0.3 is 10.1 Å². The van der Waals surface area contributed by atoms with Crippen LogP contribution in [-0.4, -0.2) is 35.4 Å². The van der Waals surface area contributed by atoms with Gasteiger partial charge in [-0.2, -0.15) is 0 Å². The van der Waals surface area contributed by atoms with E-state index in [-0.39, 0.29) is 17.6 Å². The molecule has 2 aromatic carbocycles. The van der Waals surface area contributed by atoms with Crippen molar-refractivity contribution < 1.29 is 13.9 Å². The van der Waals surface area contributed by atoms with Crippen molar-refractivity contribution in [3.05, 3.63) is 90.5 Å². The number of aromatic nitrogens is 1. The maximum absolute atomic E-state index is 13.0. The Morgan fingerprint density at radius 2 is 2.00 bits per heavy atom. The highest BCUT2D eigenvalue weighted by Gasteiger charge is 2.26. The third-order valence-corrected chi connectivity index (χ3v) is 5.43. The SMILES string of the molecule is O=C(Nc1ccccc1Oc1cccnc1)[C@@H]1CCCN(C/C=C/c2ccc(F)cc2)C1. The summed E-state index contributed by atoms with van der Waals surface area (Å²) in [6.45, 7) is 2.41. The zero-order valence-electron chi connectivity index (χ0n) is 17.8. The molecule has 2 heterocycles. The lowest BCUT2D eigenvalue weighted by molar-refractivity contribution is -0.121. The Morgan fingerprint density at radius 1 is 1.16 bits per heavy atom. The van der Waals surface area contributed by atoms with Crippen molar-refractivity contribution in [2.75, 3.05) is 25.0 Å². The minimum absolute atomic E-state index is 0.000508. The molecular formula is C26H26FN3O2. The van der Waals surface area contributed by atoms with E-state index in [4.69, 9.17) is 4.74 Å². The van der Waals surface area contributed by atoms with Gasteiger partial charge in [-0.25, -0.2) is 4.39 Å². The van der Waals surface area contributed by atoms with Crippen molar-refractivity contribution in [1.29, 1.82) is 0 Å². The van der Waals surface area contributed by atoms with Crippen LogP contribution in [-0.2, 0) is 4.79 Å². The number of pyridine rings is 1. The molecule has 164 valence electrons. The van der Waals surface area contributed by atoms with E-state index in [1.807, 2.05) is 36.4 Å². The van der Waals surface area contributed by atoms with Gasteiger partial charge in [0, 0.05) is 19.3 Å². The van der Waals surface area contributed by atoms with Gasteiger partial charge in [-0.05, 0) is 61.3 Å². The number of rotatable bonds is 7. The number of piperidine rings is 1. The largest absolute Gasteiger partial charge is 0.454 e. The summed E-state index contributed by atoms with van der Waals surface area (Å²) >= 11 is 0. The number of likely N-dealkylation sites (tertiary alicyclic amines) is 1. The Morgan fingerprint density at radius 3 is 2.81 bits per heavy atom. The molecule has 0 unspecified atom stereocenters. The van der Waals surface area contributed by atoms with Crippen LogP contribution >= 0.6 is 0 Å². The first-order valence-corrected chi connectivity index (χ1v) is 10.8. The highest BCUT2D eigenvalue weighted by molar-refractivity contribution is 5.94. The van der Waals surface area contributed by atoms with Gasteiger partial charge in [-0.3, -0.25) is 14.7 Å². The number of hydrogen-bond acceptors (Lipinski definition) is 4. The predicted molar refractivity (Wildman–Crippen MR) is 124 cm³/mol. The molecule has 1 amide bonds. The smallest absolute Gasteiger partial charge is 0.228 e. The van der Waals surface area contributed by atoms with E-state index >= 15 is 0 Å². The van der Waals surface area contributed by atoms with Crippen LogP contribution in [0, 0.1) is 11.7 Å². The van der Waals surface area contributed by atoms with Crippen molar-refractivity contribution >= 4 is 17.7 Å². The van der Waals surface area contributed by atoms with Gasteiger partial charge in [0.2, 0.25) is 5.91 Å². The molecule has 32 heavy (non-hydrogen) atoms. The van der Waals surface area contributed by atoms with Crippen LogP contribution in [0.3, 0.4) is 0 Å². The Bertz CT molecular complexity index is 1050. The molecule has 5 nitrogen and oxygen atoms in total. The monoisotopic (exact) mass is 431 g/mol. The fourth-order valence-electron chi connectivity index (χ4n) is 3.78. The van der Waals surface area contributed by atoms with Crippen LogP contribution in [0.1, 0.15) is 18.4 Å². The zero-order valence-corrected chi connectivity index (χ0v) is 17.8. The third-order valence-electron chi connectivity index (χ3n) is 5.43. The first-order valence-electron chi connectivity index (χ1n) is 10.8. The summed E-state index contributed by atoms with van der Waals surface area (Å²) in [5.74, 6) is 0.878. The Labute approximate surface area is 187 Å². The molecule has 1 aliphatic heterocycles. The molecule has 0 saturated carbocycles. The Kier molecular flexibility index (Phi) is 7.25. The molecule has 1 N–H and O–H groups in total. The number of ether oxygens (including phenoxy) is 1. The van der Waals surface area contributed by atoms with Crippen molar-refractivity contribution in [1.82, 2.24) is 9.88 Å². The number of para-hydroxylation sites is 2. The maximum atomic E-state index is 13.0. The molecular weight excluding hydrogens is 405 g/mol. The minimum atomic E-state index is -0.237. The second-order valence-corrected chi connectivity index (χ2v) is 7.83. The first kappa shape index (κ1) is 21.7. The summed E-state index contributed by atoms with van der Waals surface area (Å²) in [5, 5.41) is 3.04. The third kappa shape index (κ3) is 6.02. The van der Waals surface area contributed by atoms with Crippen LogP contribution in [0.2, 0.25) is 0 Å². The summed E-state index contributed by atoms with van der Waals surface area (Å²) in [4.78, 5) is 19.3. The molecule has 1 atom stereocenters. The number of halogens is 1. The standard InChI is InChI=1S/C26H26FN3O2/c27-22-13-11-20(12-14-22)6-4-16-30-17-5-7-21(19-30)26(31)29-24-9-1-2-10-25(24)32-23-8-3-15-28-18-23/h1-4,6,8-15,18,21H,5,7,16-17,19H2,(H,29,31)/b6-4+/t21-/m1/s1. The van der Waals surface area contributed by atoms with E-state index < -0.39 is 0 Å². The molecule has 4 rings (SSSR count). The Hall–Kier alpha value is -3.51. The lowest BCUT2D eigenvalue weighted by Gasteiger charge is -2.31. The van der Waals surface area contributed by atoms with Crippen LogP contribution < -0.4 is 10.1 Å². The quantitative estimate of drug-likeness (QED) is 0.546. The number of hydrogen-bond donors (Lipinski definition) is 1. The van der Waals surface area contributed by atoms with E-state index in [9.17, 15) is 9.18 Å². The maximum Gasteiger partial charge on any atom is 0.228 e. The summed E-state index contributed by atoms with van der Waals surface area (Å²) in [6.07, 6.45) is 9.19. The number of nitrogens with one attached hydrogen (secondary N) is 1. The van der Waals surface area contributed by atoms with Gasteiger partial charge in [-0.1, -0.05) is 36.4 Å². The fraction of sp³-hybridized carbons (Fsp3) is 0.231. The highest BCUT2D eigenvalue weighted by Crippen LogP contribution is 2.30. The lowest BCUT2D eigenvalue weighted by atomic mass is 9.97. The number of benzene rings is 2. The summed E-state index contributed by atoms with van der Waals surface area (Å²) in [6, 6.07) is 17.5. The second kappa shape index (κ2) is 10.7. The van der Waals surface area contributed by atoms with Gasteiger partial charge in [0.05, 0.1) is 17.8 Å². The average Bonchev–Trinajstić information content (AvgIpc) is 2.82. The normalized spacial score (nSPS) is 16.7. The van der Waals surface area contributed by atoms with E-state index in [1.165, 1.54) is 12.1 Å². The summed E-state index contributed by atoms with van der Waals surface area (Å²) in [7, 11) is 0. The highest BCUT2D eigenvalue weighted by atomic mass is 19.1. The number of carbonyl (C=O) groups excluding carboxylic acids is 1. The molecule has 1 fully saturated rings. The number of nitrogens with zero attached hydrogens (tertiary/aromatic N) is 2. The van der Waals surface area contributed by atoms with Crippen molar-refractivity contribution in [2.45, 2.75) is 12.8 Å². The Balaban J connectivity index is 1.34. The molecule has 6 heteroatoms. The van der Waals surface area contributed by atoms with Gasteiger partial charge >= 0.3 is 0 Å². The summed E-state index contributed by atoms with van der Waals surface area (Å²) in [5.41, 5.74) is 1.61. The zero-order chi connectivity index (χ0) is 22.2. The second-order valence-electron chi connectivity index (χ2n) is 7.83. The fourth-order valence-corrected chi connectivity index (χ4v) is 3.78. The van der Waals surface area contributed by atoms with Crippen LogP contribution in [0.4, 0.5) is 10.1 Å². The van der Waals surface area contributed by atoms with E-state index in [2.05, 4.69) is 21.3 Å². The molecule has 0 radical (unpaired) electrons. The van der Waals surface area contributed by atoms with Gasteiger partial charge in [0.1, 0.15) is 11.6 Å². The molecule has 0 bridgehead atoms. The minimum Gasteiger partial charge on any atom is -0.454 e. The number of anilines is 1. The molecule has 1 aliphatic rings. The van der Waals surface area contributed by atoms with Crippen LogP contribution in [0.5, 0.6) is 11.5 Å². The number of carbonyl (C=O) groups is 1. The predicted octanol–water partition coefficient (Wildman–Crippen LogP) is 5.38. The van der Waals surface area contributed by atoms with Gasteiger partial charge in [-0.15, -0.1) is 0 Å². The first-order chi connectivity index (χ1) is 15.7. The lowest BCUT2D eigenvalue weighted by Crippen LogP contribution is -2.40. The average molecular weight is 432 g/mol. The molecule has 3 aromatic rings. The van der Waals surface area contributed by atoms with Gasteiger partial charge in [0.15, 0.2) is 5.75 Å². The summed E-state index contributed by atoms with van der Waals surface area (Å²) < 4.78 is 18.9. The van der Waals surface area contributed by atoms with Crippen molar-refractivity contribution in [3.8, 4) is 11.5 Å². The molecule has 0 aliphatic carbocycles. The van der Waals surface area contributed by atoms with Crippen LogP contribution in [0.25, 0.3) is 6.08 Å². The van der Waals surface area contributed by atoms with Crippen molar-refractivity contribution in [2.24, 2.45) is 5.92 Å². The molecule has 1 aromatic heterocycles. The van der Waals surface area contributed by atoms with Gasteiger partial charge in [0.25, 0.3) is 0 Å². The molecule has 1 saturated heterocycles. The van der Waals surface area contributed by atoms with E-state index in [0.29, 0.717) is 23.7 Å². The molecule has 0 spiro atoms.